The summed E-state index contributed by atoms with van der Waals surface area (Å²) >= 11 is 6.06. The summed E-state index contributed by atoms with van der Waals surface area (Å²) < 4.78 is 15.5. The SMILES string of the molecule is Cc1ccc(F)c(C(NN)c2c(Cl)cnn2C)c1. The molecule has 1 atom stereocenters. The van der Waals surface area contributed by atoms with E-state index in [2.05, 4.69) is 10.5 Å². The molecule has 0 saturated carbocycles. The molecule has 0 spiro atoms. The van der Waals surface area contributed by atoms with Gasteiger partial charge in [-0.2, -0.15) is 5.10 Å². The molecule has 0 saturated heterocycles. The van der Waals surface area contributed by atoms with Gasteiger partial charge in [0.15, 0.2) is 0 Å². The van der Waals surface area contributed by atoms with Crippen molar-refractivity contribution < 1.29 is 4.39 Å². The van der Waals surface area contributed by atoms with E-state index in [1.807, 2.05) is 6.92 Å². The average Bonchev–Trinajstić information content (AvgIpc) is 2.66. The standard InChI is InChI=1S/C12H14ClFN4/c1-7-3-4-10(14)8(5-7)11(17-15)12-9(13)6-16-18(12)2/h3-6,11,17H,15H2,1-2H3. The van der Waals surface area contributed by atoms with Crippen molar-refractivity contribution in [1.29, 1.82) is 0 Å². The van der Waals surface area contributed by atoms with Crippen molar-refractivity contribution in [2.24, 2.45) is 12.9 Å². The minimum Gasteiger partial charge on any atom is -0.271 e. The molecule has 18 heavy (non-hydrogen) atoms. The fourth-order valence-corrected chi connectivity index (χ4v) is 2.22. The van der Waals surface area contributed by atoms with Crippen LogP contribution in [0.5, 0.6) is 0 Å². The molecule has 0 fully saturated rings. The number of halogens is 2. The van der Waals surface area contributed by atoms with Crippen molar-refractivity contribution in [3.63, 3.8) is 0 Å². The highest BCUT2D eigenvalue weighted by atomic mass is 35.5. The Balaban J connectivity index is 2.55. The first-order valence-electron chi connectivity index (χ1n) is 5.44. The highest BCUT2D eigenvalue weighted by Crippen LogP contribution is 2.29. The Morgan fingerprint density at radius 2 is 2.22 bits per heavy atom. The van der Waals surface area contributed by atoms with Gasteiger partial charge in [0.1, 0.15) is 5.82 Å². The number of nitrogens with zero attached hydrogens (tertiary/aromatic N) is 2. The van der Waals surface area contributed by atoms with Gasteiger partial charge in [-0.05, 0) is 13.0 Å². The highest BCUT2D eigenvalue weighted by molar-refractivity contribution is 6.31. The summed E-state index contributed by atoms with van der Waals surface area (Å²) in [6, 6.07) is 4.32. The fraction of sp³-hybridized carbons (Fsp3) is 0.250. The van der Waals surface area contributed by atoms with Gasteiger partial charge in [-0.3, -0.25) is 10.5 Å². The predicted octanol–water partition coefficient (Wildman–Crippen LogP) is 2.07. The number of hydrazine groups is 1. The van der Waals surface area contributed by atoms with Gasteiger partial charge >= 0.3 is 0 Å². The van der Waals surface area contributed by atoms with E-state index in [1.54, 1.807) is 23.9 Å². The van der Waals surface area contributed by atoms with Crippen molar-refractivity contribution in [2.75, 3.05) is 0 Å². The second kappa shape index (κ2) is 5.06. The molecule has 1 heterocycles. The van der Waals surface area contributed by atoms with Crippen LogP contribution in [-0.2, 0) is 7.05 Å². The number of hydrogen-bond donors (Lipinski definition) is 2. The van der Waals surface area contributed by atoms with Crippen LogP contribution in [0.4, 0.5) is 4.39 Å². The number of aryl methyl sites for hydroxylation is 2. The van der Waals surface area contributed by atoms with Crippen molar-refractivity contribution in [3.05, 3.63) is 52.1 Å². The first-order valence-corrected chi connectivity index (χ1v) is 5.82. The molecule has 0 radical (unpaired) electrons. The Bertz CT molecular complexity index is 548. The van der Waals surface area contributed by atoms with E-state index in [1.165, 1.54) is 12.3 Å². The van der Waals surface area contributed by atoms with Gasteiger partial charge in [-0.25, -0.2) is 9.82 Å². The van der Waals surface area contributed by atoms with Crippen LogP contribution in [-0.4, -0.2) is 9.78 Å². The number of rotatable bonds is 3. The van der Waals surface area contributed by atoms with Crippen LogP contribution in [0.3, 0.4) is 0 Å². The van der Waals surface area contributed by atoms with Gasteiger partial charge in [0, 0.05) is 12.6 Å². The lowest BCUT2D eigenvalue weighted by Gasteiger charge is -2.18. The second-order valence-corrected chi connectivity index (χ2v) is 4.53. The van der Waals surface area contributed by atoms with Crippen LogP contribution in [0.1, 0.15) is 22.9 Å². The topological polar surface area (TPSA) is 55.9 Å². The van der Waals surface area contributed by atoms with E-state index in [-0.39, 0.29) is 5.82 Å². The van der Waals surface area contributed by atoms with Gasteiger partial charge in [0.2, 0.25) is 0 Å². The van der Waals surface area contributed by atoms with Gasteiger partial charge in [0.25, 0.3) is 0 Å². The Kier molecular flexibility index (Phi) is 3.65. The summed E-state index contributed by atoms with van der Waals surface area (Å²) in [5.74, 6) is 5.20. The first kappa shape index (κ1) is 13.0. The van der Waals surface area contributed by atoms with E-state index in [4.69, 9.17) is 17.4 Å². The molecule has 0 bridgehead atoms. The number of aromatic nitrogens is 2. The third kappa shape index (κ3) is 2.25. The molecule has 1 aromatic heterocycles. The van der Waals surface area contributed by atoms with E-state index in [0.29, 0.717) is 16.3 Å². The largest absolute Gasteiger partial charge is 0.271 e. The zero-order chi connectivity index (χ0) is 13.3. The van der Waals surface area contributed by atoms with Crippen LogP contribution in [0.25, 0.3) is 0 Å². The first-order chi connectivity index (χ1) is 8.54. The monoisotopic (exact) mass is 268 g/mol. The fourth-order valence-electron chi connectivity index (χ4n) is 1.95. The van der Waals surface area contributed by atoms with Crippen LogP contribution in [0.2, 0.25) is 5.02 Å². The number of nitrogens with two attached hydrogens (primary N) is 1. The zero-order valence-electron chi connectivity index (χ0n) is 10.1. The van der Waals surface area contributed by atoms with E-state index >= 15 is 0 Å². The quantitative estimate of drug-likeness (QED) is 0.662. The van der Waals surface area contributed by atoms with Crippen molar-refractivity contribution in [1.82, 2.24) is 15.2 Å². The number of nitrogens with one attached hydrogen (secondary N) is 1. The van der Waals surface area contributed by atoms with Crippen molar-refractivity contribution >= 4 is 11.6 Å². The Morgan fingerprint density at radius 1 is 1.50 bits per heavy atom. The molecule has 96 valence electrons. The average molecular weight is 269 g/mol. The molecule has 0 aliphatic rings. The van der Waals surface area contributed by atoms with E-state index < -0.39 is 6.04 Å². The molecule has 2 aromatic rings. The molecule has 6 heteroatoms. The molecule has 4 nitrogen and oxygen atoms in total. The third-order valence-corrected chi connectivity index (χ3v) is 3.13. The molecule has 0 aliphatic heterocycles. The molecule has 3 N–H and O–H groups in total. The van der Waals surface area contributed by atoms with E-state index in [9.17, 15) is 4.39 Å². The summed E-state index contributed by atoms with van der Waals surface area (Å²) in [5, 5.41) is 4.48. The molecule has 0 amide bonds. The van der Waals surface area contributed by atoms with Gasteiger partial charge in [-0.1, -0.05) is 29.3 Å². The molecular weight excluding hydrogens is 255 g/mol. The number of benzene rings is 1. The highest BCUT2D eigenvalue weighted by Gasteiger charge is 2.22. The van der Waals surface area contributed by atoms with Gasteiger partial charge in [0.05, 0.1) is 23.0 Å². The normalized spacial score (nSPS) is 12.7. The zero-order valence-corrected chi connectivity index (χ0v) is 10.9. The van der Waals surface area contributed by atoms with Gasteiger partial charge in [-0.15, -0.1) is 0 Å². The van der Waals surface area contributed by atoms with Gasteiger partial charge < -0.3 is 0 Å². The Morgan fingerprint density at radius 3 is 2.78 bits per heavy atom. The third-order valence-electron chi connectivity index (χ3n) is 2.84. The lowest BCUT2D eigenvalue weighted by molar-refractivity contribution is 0.532. The summed E-state index contributed by atoms with van der Waals surface area (Å²) in [5.41, 5.74) is 4.61. The smallest absolute Gasteiger partial charge is 0.128 e. The van der Waals surface area contributed by atoms with Crippen LogP contribution in [0.15, 0.2) is 24.4 Å². The second-order valence-electron chi connectivity index (χ2n) is 4.13. The van der Waals surface area contributed by atoms with E-state index in [0.717, 1.165) is 5.56 Å². The summed E-state index contributed by atoms with van der Waals surface area (Å²) in [7, 11) is 1.74. The molecular formula is C12H14ClFN4. The number of hydrogen-bond acceptors (Lipinski definition) is 3. The maximum absolute atomic E-state index is 13.9. The maximum Gasteiger partial charge on any atom is 0.128 e. The Hall–Kier alpha value is -1.43. The molecule has 0 aliphatic carbocycles. The molecule has 1 aromatic carbocycles. The lowest BCUT2D eigenvalue weighted by Crippen LogP contribution is -2.31. The lowest BCUT2D eigenvalue weighted by atomic mass is 10.0. The minimum absolute atomic E-state index is 0.333. The molecule has 2 rings (SSSR count). The minimum atomic E-state index is -0.537. The van der Waals surface area contributed by atoms with Crippen molar-refractivity contribution in [3.8, 4) is 0 Å². The predicted molar refractivity (Wildman–Crippen MR) is 68.5 cm³/mol. The van der Waals surface area contributed by atoms with Crippen LogP contribution >= 0.6 is 11.6 Å². The van der Waals surface area contributed by atoms with Crippen LogP contribution < -0.4 is 11.3 Å². The maximum atomic E-state index is 13.9. The summed E-state index contributed by atoms with van der Waals surface area (Å²) in [6.45, 7) is 1.89. The molecule has 1 unspecified atom stereocenters. The summed E-state index contributed by atoms with van der Waals surface area (Å²) in [4.78, 5) is 0. The van der Waals surface area contributed by atoms with Crippen LogP contribution in [0, 0.1) is 12.7 Å². The van der Waals surface area contributed by atoms with Crippen molar-refractivity contribution in [2.45, 2.75) is 13.0 Å². The Labute approximate surface area is 110 Å². The summed E-state index contributed by atoms with van der Waals surface area (Å²) in [6.07, 6.45) is 1.51.